The molecule has 0 radical (unpaired) electrons. The van der Waals surface area contributed by atoms with Crippen LogP contribution in [0.4, 0.5) is 0 Å². The van der Waals surface area contributed by atoms with E-state index < -0.39 is 0 Å². The Labute approximate surface area is 327 Å². The summed E-state index contributed by atoms with van der Waals surface area (Å²) in [6, 6.07) is 13.3. The molecule has 12 aliphatic rings. The van der Waals surface area contributed by atoms with Crippen LogP contribution in [0.15, 0.2) is 42.7 Å². The van der Waals surface area contributed by atoms with Crippen LogP contribution in [0, 0.1) is 46.3 Å². The molecule has 8 fully saturated rings. The molecule has 0 aliphatic heterocycles. The van der Waals surface area contributed by atoms with E-state index >= 15 is 0 Å². The first-order valence-electron chi connectivity index (χ1n) is 23.5. The van der Waals surface area contributed by atoms with Gasteiger partial charge in [0.2, 0.25) is 0 Å². The van der Waals surface area contributed by atoms with Crippen molar-refractivity contribution in [3.63, 3.8) is 0 Å². The van der Waals surface area contributed by atoms with E-state index in [0.29, 0.717) is 34.5 Å². The summed E-state index contributed by atoms with van der Waals surface area (Å²) >= 11 is 0. The van der Waals surface area contributed by atoms with Crippen LogP contribution in [0.25, 0.3) is 59.6 Å². The van der Waals surface area contributed by atoms with Crippen LogP contribution in [0.5, 0.6) is 0 Å². The molecule has 3 nitrogen and oxygen atoms in total. The van der Waals surface area contributed by atoms with Gasteiger partial charge in [-0.2, -0.15) is 0 Å². The van der Waals surface area contributed by atoms with Gasteiger partial charge in [-0.05, 0) is 216 Å². The highest BCUT2D eigenvalue weighted by Gasteiger charge is 2.67. The van der Waals surface area contributed by atoms with Crippen molar-refractivity contribution in [3.05, 3.63) is 76.4 Å². The highest BCUT2D eigenvalue weighted by atomic mass is 15.0. The molecule has 12 unspecified atom stereocenters. The molecule has 7 aromatic rings. The van der Waals surface area contributed by atoms with Gasteiger partial charge in [-0.25, -0.2) is 0 Å². The fourth-order valence-electron chi connectivity index (χ4n) is 20.1. The lowest BCUT2D eigenvalue weighted by atomic mass is 9.56. The molecule has 0 saturated heterocycles. The van der Waals surface area contributed by atoms with Gasteiger partial charge in [-0.1, -0.05) is 24.3 Å². The highest BCUT2D eigenvalue weighted by molar-refractivity contribution is 6.34. The lowest BCUT2D eigenvalue weighted by Crippen LogP contribution is -2.41. The molecule has 276 valence electrons. The van der Waals surface area contributed by atoms with Crippen molar-refractivity contribution in [2.75, 3.05) is 0 Å². The normalized spacial score (nSPS) is 43.5. The van der Waals surface area contributed by atoms with Crippen molar-refractivity contribution in [1.82, 2.24) is 14.4 Å². The molecule has 12 atom stereocenters. The van der Waals surface area contributed by atoms with Crippen LogP contribution in [0.2, 0.25) is 0 Å². The first-order valence-corrected chi connectivity index (χ1v) is 23.5. The first-order chi connectivity index (χ1) is 27.6. The first kappa shape index (κ1) is 28.6. The maximum absolute atomic E-state index is 5.62. The lowest BCUT2D eigenvalue weighted by molar-refractivity contribution is 0.00321. The summed E-state index contributed by atoms with van der Waals surface area (Å²) in [7, 11) is 0. The van der Waals surface area contributed by atoms with Crippen molar-refractivity contribution in [2.24, 2.45) is 46.3 Å². The minimum atomic E-state index is 0.629. The minimum Gasteiger partial charge on any atom is -0.305 e. The van der Waals surface area contributed by atoms with E-state index in [1.807, 2.05) is 0 Å². The summed E-state index contributed by atoms with van der Waals surface area (Å²) in [4.78, 5) is 11.2. The minimum absolute atomic E-state index is 0.629. The van der Waals surface area contributed by atoms with E-state index in [1.54, 1.807) is 49.2 Å². The van der Waals surface area contributed by atoms with E-state index in [1.165, 1.54) is 140 Å². The number of rotatable bonds is 0. The van der Waals surface area contributed by atoms with Gasteiger partial charge in [0, 0.05) is 44.8 Å². The topological polar surface area (TPSA) is 30.2 Å². The Bertz CT molecular complexity index is 3080. The van der Waals surface area contributed by atoms with E-state index in [0.717, 1.165) is 47.3 Å². The van der Waals surface area contributed by atoms with Crippen LogP contribution >= 0.6 is 0 Å². The second-order valence-electron chi connectivity index (χ2n) is 23.0. The Morgan fingerprint density at radius 1 is 0.446 bits per heavy atom. The number of hydrogen-bond acceptors (Lipinski definition) is 2. The third-order valence-electron chi connectivity index (χ3n) is 21.6. The Hall–Kier alpha value is -3.72. The van der Waals surface area contributed by atoms with E-state index in [9.17, 15) is 0 Å². The summed E-state index contributed by atoms with van der Waals surface area (Å²) in [5.41, 5.74) is 15.5. The van der Waals surface area contributed by atoms with Crippen LogP contribution in [0.1, 0.15) is 165 Å². The molecule has 10 bridgehead atoms. The largest absolute Gasteiger partial charge is 0.305 e. The number of nitrogens with zero attached hydrogens (tertiary/aromatic N) is 3. The van der Waals surface area contributed by atoms with Crippen molar-refractivity contribution >= 4 is 59.6 Å². The average molecular weight is 728 g/mol. The number of aromatic nitrogens is 3. The molecule has 0 amide bonds. The quantitative estimate of drug-likeness (QED) is 0.146. The fraction of sp³-hybridized carbons (Fsp3) is 0.547. The molecule has 12 aliphatic carbocycles. The second kappa shape index (κ2) is 8.67. The van der Waals surface area contributed by atoms with Gasteiger partial charge < -0.3 is 4.40 Å². The predicted octanol–water partition coefficient (Wildman–Crippen LogP) is 13.1. The lowest BCUT2D eigenvalue weighted by Gasteiger charge is -2.48. The SMILES string of the molecule is c1cc2c(ccc3c2cc2c4c5c(ncc4n4c6cnc7c(c6c3c24)C2CC3CC4CC7CC43C2)C2CC3CC(C2)CC5C3)c2c1C1CC3CC4CC2CC34C1. The van der Waals surface area contributed by atoms with Gasteiger partial charge in [0.05, 0.1) is 28.9 Å². The summed E-state index contributed by atoms with van der Waals surface area (Å²) in [5, 5.41) is 12.5. The van der Waals surface area contributed by atoms with Crippen LogP contribution in [0.3, 0.4) is 0 Å². The molecule has 2 spiro atoms. The molecule has 3 aromatic carbocycles. The van der Waals surface area contributed by atoms with E-state index in [-0.39, 0.29) is 0 Å². The zero-order valence-electron chi connectivity index (χ0n) is 32.4. The van der Waals surface area contributed by atoms with Gasteiger partial charge in [0.25, 0.3) is 0 Å². The third kappa shape index (κ3) is 2.81. The summed E-state index contributed by atoms with van der Waals surface area (Å²) in [6.45, 7) is 0. The highest BCUT2D eigenvalue weighted by Crippen LogP contribution is 2.78. The molecule has 56 heavy (non-hydrogen) atoms. The molecule has 0 N–H and O–H groups in total. The summed E-state index contributed by atoms with van der Waals surface area (Å²) in [6.07, 6.45) is 26.2. The Morgan fingerprint density at radius 2 is 1.04 bits per heavy atom. The predicted molar refractivity (Wildman–Crippen MR) is 223 cm³/mol. The second-order valence-corrected chi connectivity index (χ2v) is 23.0. The molecule has 4 aromatic heterocycles. The van der Waals surface area contributed by atoms with Crippen molar-refractivity contribution in [1.29, 1.82) is 0 Å². The van der Waals surface area contributed by atoms with Gasteiger partial charge in [-0.3, -0.25) is 9.97 Å². The van der Waals surface area contributed by atoms with E-state index in [4.69, 9.17) is 9.97 Å². The van der Waals surface area contributed by atoms with Crippen molar-refractivity contribution < 1.29 is 0 Å². The number of hydrogen-bond donors (Lipinski definition) is 0. The Morgan fingerprint density at radius 3 is 1.82 bits per heavy atom. The standard InChI is InChI=1S/C53H49N3/c1-2-36-37(43-28-11-32-14-31-10-27(35(1)43)17-52(31,32)18-28)3-4-38-39(36)16-40-46-41(21-54-49-26-8-23-5-24(9-26)7-25(6-23)44(46)49)56-42-22-55-50-30-13-34-15-33-12-29(19-53(33,34)20-30)45(50)48(42)47(38)51(40)56/h1-4,16,21-34H,5-15,17-20H2. The van der Waals surface area contributed by atoms with Crippen LogP contribution in [-0.2, 0) is 0 Å². The molecule has 4 heterocycles. The van der Waals surface area contributed by atoms with Gasteiger partial charge in [-0.15, -0.1) is 0 Å². The maximum Gasteiger partial charge on any atom is 0.0728 e. The number of fused-ring (bicyclic) bond motifs is 22. The molecule has 8 saturated carbocycles. The molecule has 19 rings (SSSR count). The van der Waals surface area contributed by atoms with Crippen molar-refractivity contribution in [2.45, 2.75) is 132 Å². The maximum atomic E-state index is 5.62. The van der Waals surface area contributed by atoms with Crippen molar-refractivity contribution in [3.8, 4) is 0 Å². The zero-order valence-corrected chi connectivity index (χ0v) is 32.4. The fourth-order valence-corrected chi connectivity index (χ4v) is 20.1. The molecule has 3 heteroatoms. The average Bonchev–Trinajstić information content (AvgIpc) is 3.96. The zero-order chi connectivity index (χ0) is 35.3. The summed E-state index contributed by atoms with van der Waals surface area (Å²) < 4.78 is 2.72. The Kier molecular flexibility index (Phi) is 4.43. The van der Waals surface area contributed by atoms with Gasteiger partial charge in [0.15, 0.2) is 0 Å². The Balaban J connectivity index is 1.01. The molecular formula is C53H49N3. The van der Waals surface area contributed by atoms with E-state index in [2.05, 4.69) is 47.1 Å². The van der Waals surface area contributed by atoms with Crippen LogP contribution < -0.4 is 0 Å². The van der Waals surface area contributed by atoms with Gasteiger partial charge >= 0.3 is 0 Å². The van der Waals surface area contributed by atoms with Crippen LogP contribution in [-0.4, -0.2) is 14.4 Å². The molecular weight excluding hydrogens is 679 g/mol. The smallest absolute Gasteiger partial charge is 0.0728 e. The van der Waals surface area contributed by atoms with Gasteiger partial charge in [0.1, 0.15) is 0 Å². The monoisotopic (exact) mass is 727 g/mol. The number of pyridine rings is 2. The summed E-state index contributed by atoms with van der Waals surface area (Å²) in [5.74, 6) is 9.94. The third-order valence-corrected chi connectivity index (χ3v) is 21.6. The number of benzene rings is 3.